The molecule has 2 N–H and O–H groups in total. The van der Waals surface area contributed by atoms with Gasteiger partial charge in [-0.3, -0.25) is 9.59 Å². The first-order valence-electron chi connectivity index (χ1n) is 11.8. The van der Waals surface area contributed by atoms with Crippen molar-refractivity contribution in [1.82, 2.24) is 10.9 Å². The number of nitrogens with one attached hydrogen (secondary N) is 2. The van der Waals surface area contributed by atoms with Gasteiger partial charge in [0.1, 0.15) is 0 Å². The van der Waals surface area contributed by atoms with Crippen LogP contribution in [0.4, 0.5) is 0 Å². The highest BCUT2D eigenvalue weighted by molar-refractivity contribution is 5.82. The molecule has 6 nitrogen and oxygen atoms in total. The summed E-state index contributed by atoms with van der Waals surface area (Å²) in [6, 6.07) is 19.8. The van der Waals surface area contributed by atoms with Crippen LogP contribution in [0.5, 0.6) is 0 Å². The maximum absolute atomic E-state index is 11.8. The zero-order chi connectivity index (χ0) is 24.1. The van der Waals surface area contributed by atoms with Crippen molar-refractivity contribution in [3.05, 3.63) is 83.9 Å². The molecule has 0 aliphatic heterocycles. The van der Waals surface area contributed by atoms with Crippen molar-refractivity contribution in [2.75, 3.05) is 0 Å². The van der Waals surface area contributed by atoms with Crippen LogP contribution in [0.15, 0.2) is 83.0 Å². The Morgan fingerprint density at radius 3 is 1.38 bits per heavy atom. The molecule has 0 atom stereocenters. The normalized spacial score (nSPS) is 11.6. The third kappa shape index (κ3) is 13.6. The van der Waals surface area contributed by atoms with E-state index < -0.39 is 0 Å². The number of hydrazone groups is 2. The molecule has 0 aliphatic carbocycles. The highest BCUT2D eigenvalue weighted by Crippen LogP contribution is 2.08. The number of hydrogen-bond acceptors (Lipinski definition) is 4. The lowest BCUT2D eigenvalue weighted by Gasteiger charge is -2.02. The minimum Gasteiger partial charge on any atom is -0.273 e. The number of carbonyl (C=O) groups excluding carboxylic acids is 2. The fourth-order valence-corrected chi connectivity index (χ4v) is 3.13. The molecule has 2 aromatic carbocycles. The summed E-state index contributed by atoms with van der Waals surface area (Å²) in [6.07, 6.45) is 17.3. The summed E-state index contributed by atoms with van der Waals surface area (Å²) in [4.78, 5) is 23.6. The number of nitrogens with zero attached hydrogens (tertiary/aromatic N) is 2. The predicted octanol–water partition coefficient (Wildman–Crippen LogP) is 5.74. The molecule has 0 fully saturated rings. The van der Waals surface area contributed by atoms with Gasteiger partial charge < -0.3 is 0 Å². The molecule has 0 aliphatic rings. The number of hydrogen-bond donors (Lipinski definition) is 2. The van der Waals surface area contributed by atoms with Gasteiger partial charge in [0.05, 0.1) is 0 Å². The zero-order valence-corrected chi connectivity index (χ0v) is 19.6. The van der Waals surface area contributed by atoms with E-state index in [-0.39, 0.29) is 11.8 Å². The summed E-state index contributed by atoms with van der Waals surface area (Å²) in [5.41, 5.74) is 7.26. The van der Waals surface area contributed by atoms with Crippen LogP contribution in [-0.2, 0) is 9.59 Å². The Morgan fingerprint density at radius 1 is 0.588 bits per heavy atom. The van der Waals surface area contributed by atoms with E-state index in [1.54, 1.807) is 24.6 Å². The van der Waals surface area contributed by atoms with Gasteiger partial charge >= 0.3 is 0 Å². The van der Waals surface area contributed by atoms with Crippen molar-refractivity contribution >= 4 is 36.4 Å². The van der Waals surface area contributed by atoms with Crippen LogP contribution < -0.4 is 10.9 Å². The summed E-state index contributed by atoms with van der Waals surface area (Å²) in [7, 11) is 0. The minimum atomic E-state index is -0.0693. The molecule has 0 radical (unpaired) electrons. The van der Waals surface area contributed by atoms with Gasteiger partial charge in [0, 0.05) is 25.3 Å². The van der Waals surface area contributed by atoms with Gasteiger partial charge in [-0.15, -0.1) is 0 Å². The average molecular weight is 459 g/mol. The lowest BCUT2D eigenvalue weighted by molar-refractivity contribution is -0.122. The molecule has 0 saturated heterocycles. The van der Waals surface area contributed by atoms with Crippen LogP contribution in [0.1, 0.15) is 62.5 Å². The predicted molar refractivity (Wildman–Crippen MR) is 141 cm³/mol. The van der Waals surface area contributed by atoms with Crippen molar-refractivity contribution < 1.29 is 9.59 Å². The first kappa shape index (κ1) is 26.5. The number of benzene rings is 2. The van der Waals surface area contributed by atoms with Gasteiger partial charge in [0.15, 0.2) is 0 Å². The van der Waals surface area contributed by atoms with Crippen LogP contribution in [0, 0.1) is 0 Å². The molecule has 2 rings (SSSR count). The number of allylic oxidation sites excluding steroid dienone is 2. The van der Waals surface area contributed by atoms with Gasteiger partial charge in [-0.25, -0.2) is 10.9 Å². The van der Waals surface area contributed by atoms with Gasteiger partial charge in [-0.2, -0.15) is 10.2 Å². The third-order valence-corrected chi connectivity index (χ3v) is 4.93. The number of rotatable bonds is 15. The minimum absolute atomic E-state index is 0.0693. The molecule has 0 bridgehead atoms. The summed E-state index contributed by atoms with van der Waals surface area (Å²) in [6.45, 7) is 0. The maximum Gasteiger partial charge on any atom is 0.240 e. The van der Waals surface area contributed by atoms with E-state index in [1.807, 2.05) is 72.8 Å². The molecule has 34 heavy (non-hydrogen) atoms. The zero-order valence-electron chi connectivity index (χ0n) is 19.6. The third-order valence-electron chi connectivity index (χ3n) is 4.93. The summed E-state index contributed by atoms with van der Waals surface area (Å²) < 4.78 is 0. The van der Waals surface area contributed by atoms with E-state index in [0.717, 1.165) is 49.7 Å². The molecule has 6 heteroatoms. The SMILES string of the molecule is O=C(CCCCCCCCC(=O)NN=CC=Cc1ccccc1)NN=CC=Cc1ccccc1. The monoisotopic (exact) mass is 458 g/mol. The largest absolute Gasteiger partial charge is 0.273 e. The van der Waals surface area contributed by atoms with Gasteiger partial charge in [-0.05, 0) is 36.1 Å². The standard InChI is InChI=1S/C28H34N4O2/c33-27(31-29-23-13-19-25-15-7-5-8-16-25)21-11-3-1-2-4-12-22-28(34)32-30-24-14-20-26-17-9-6-10-18-26/h5-10,13-20,23-24H,1-4,11-12,21-22H2,(H,31,33)(H,32,34). The average Bonchev–Trinajstić information content (AvgIpc) is 2.86. The van der Waals surface area contributed by atoms with Gasteiger partial charge in [0.25, 0.3) is 0 Å². The Labute approximate surface area is 202 Å². The van der Waals surface area contributed by atoms with Crippen LogP contribution in [-0.4, -0.2) is 24.2 Å². The summed E-state index contributed by atoms with van der Waals surface area (Å²) in [5.74, 6) is -0.139. The van der Waals surface area contributed by atoms with Crippen LogP contribution >= 0.6 is 0 Å². The smallest absolute Gasteiger partial charge is 0.240 e. The second-order valence-corrected chi connectivity index (χ2v) is 7.79. The Kier molecular flexibility index (Phi) is 13.8. The summed E-state index contributed by atoms with van der Waals surface area (Å²) in [5, 5.41) is 7.85. The van der Waals surface area contributed by atoms with Crippen LogP contribution in [0.3, 0.4) is 0 Å². The lowest BCUT2D eigenvalue weighted by atomic mass is 10.1. The quantitative estimate of drug-likeness (QED) is 0.203. The lowest BCUT2D eigenvalue weighted by Crippen LogP contribution is -2.16. The van der Waals surface area contributed by atoms with Crippen molar-refractivity contribution in [2.45, 2.75) is 51.4 Å². The first-order valence-corrected chi connectivity index (χ1v) is 11.8. The molecule has 2 aromatic rings. The van der Waals surface area contributed by atoms with E-state index >= 15 is 0 Å². The molecule has 0 aromatic heterocycles. The first-order chi connectivity index (χ1) is 16.7. The van der Waals surface area contributed by atoms with Crippen molar-refractivity contribution in [2.24, 2.45) is 10.2 Å². The second kappa shape index (κ2) is 17.7. The Bertz CT molecular complexity index is 871. The number of amides is 2. The molecule has 0 unspecified atom stereocenters. The Hall–Kier alpha value is -3.80. The Balaban J connectivity index is 1.40. The molecule has 178 valence electrons. The molecule has 2 amide bonds. The van der Waals surface area contributed by atoms with E-state index in [9.17, 15) is 9.59 Å². The van der Waals surface area contributed by atoms with E-state index in [1.165, 1.54) is 0 Å². The second-order valence-electron chi connectivity index (χ2n) is 7.79. The molecule has 0 saturated carbocycles. The van der Waals surface area contributed by atoms with E-state index in [4.69, 9.17) is 0 Å². The Morgan fingerprint density at radius 2 is 0.971 bits per heavy atom. The molecular formula is C28H34N4O2. The number of unbranched alkanes of at least 4 members (excludes halogenated alkanes) is 5. The van der Waals surface area contributed by atoms with Crippen LogP contribution in [0.2, 0.25) is 0 Å². The van der Waals surface area contributed by atoms with Crippen molar-refractivity contribution in [1.29, 1.82) is 0 Å². The van der Waals surface area contributed by atoms with Crippen molar-refractivity contribution in [3.8, 4) is 0 Å². The molecule has 0 heterocycles. The van der Waals surface area contributed by atoms with Gasteiger partial charge in [-0.1, -0.05) is 98.5 Å². The number of carbonyl (C=O) groups is 2. The van der Waals surface area contributed by atoms with Crippen LogP contribution in [0.25, 0.3) is 12.2 Å². The highest BCUT2D eigenvalue weighted by Gasteiger charge is 2.01. The molecule has 0 spiro atoms. The van der Waals surface area contributed by atoms with Gasteiger partial charge in [0.2, 0.25) is 11.8 Å². The van der Waals surface area contributed by atoms with E-state index in [2.05, 4.69) is 21.1 Å². The molecular weight excluding hydrogens is 424 g/mol. The topological polar surface area (TPSA) is 82.9 Å². The fraction of sp³-hybridized carbons (Fsp3) is 0.286. The van der Waals surface area contributed by atoms with Crippen molar-refractivity contribution in [3.63, 3.8) is 0 Å². The fourth-order valence-electron chi connectivity index (χ4n) is 3.13. The highest BCUT2D eigenvalue weighted by atomic mass is 16.2. The van der Waals surface area contributed by atoms with E-state index in [0.29, 0.717) is 12.8 Å². The maximum atomic E-state index is 11.8. The summed E-state index contributed by atoms with van der Waals surface area (Å²) >= 11 is 0.